The van der Waals surface area contributed by atoms with Crippen LogP contribution in [0.4, 0.5) is 10.1 Å². The Labute approximate surface area is 119 Å². The van der Waals surface area contributed by atoms with Gasteiger partial charge in [-0.3, -0.25) is 4.79 Å². The predicted molar refractivity (Wildman–Crippen MR) is 75.3 cm³/mol. The molecule has 0 spiro atoms. The number of carbonyl (C=O) groups is 1. The van der Waals surface area contributed by atoms with E-state index in [1.807, 2.05) is 0 Å². The van der Waals surface area contributed by atoms with Crippen molar-refractivity contribution < 1.29 is 13.6 Å². The molecule has 3 N–H and O–H groups in total. The summed E-state index contributed by atoms with van der Waals surface area (Å²) in [5.41, 5.74) is 5.28. The van der Waals surface area contributed by atoms with Gasteiger partial charge in [0.25, 0.3) is 5.91 Å². The fraction of sp³-hybridized carbons (Fsp3) is 0.0667. The summed E-state index contributed by atoms with van der Waals surface area (Å²) >= 11 is 0. The maximum atomic E-state index is 13.7. The lowest BCUT2D eigenvalue weighted by Crippen LogP contribution is -2.13. The molecule has 0 saturated carbocycles. The maximum Gasteiger partial charge on any atom is 0.335 e. The number of benzene rings is 1. The molecule has 0 fully saturated rings. The molecule has 0 aliphatic heterocycles. The van der Waals surface area contributed by atoms with Crippen molar-refractivity contribution in [3.63, 3.8) is 0 Å². The molecule has 0 aliphatic rings. The van der Waals surface area contributed by atoms with Crippen LogP contribution in [-0.4, -0.2) is 12.5 Å². The molecule has 0 atom stereocenters. The Morgan fingerprint density at radius 3 is 2.76 bits per heavy atom. The van der Waals surface area contributed by atoms with E-state index in [-0.39, 0.29) is 23.4 Å². The van der Waals surface area contributed by atoms with E-state index in [2.05, 4.69) is 21.6 Å². The van der Waals surface area contributed by atoms with Gasteiger partial charge >= 0.3 is 5.63 Å². The van der Waals surface area contributed by atoms with Crippen LogP contribution < -0.4 is 16.7 Å². The zero-order chi connectivity index (χ0) is 15.2. The Hall–Kier alpha value is -2.91. The number of nitrogens with two attached hydrogens (primary N) is 1. The lowest BCUT2D eigenvalue weighted by Gasteiger charge is -2.05. The fourth-order valence-electron chi connectivity index (χ4n) is 1.53. The van der Waals surface area contributed by atoms with Crippen LogP contribution in [0.25, 0.3) is 0 Å². The van der Waals surface area contributed by atoms with Gasteiger partial charge in [0.2, 0.25) is 0 Å². The third-order valence-corrected chi connectivity index (χ3v) is 2.52. The molecular weight excluding hydrogens is 275 g/mol. The number of hydrogen-bond acceptors (Lipinski definition) is 4. The standard InChI is InChI=1S/C15H11FN2O3/c16-13-8-12(5-3-10(13)2-1-7-17)18-15(20)11-4-6-14(19)21-9-11/h3-6,8-9H,7,17H2,(H,18,20). The predicted octanol–water partition coefficient (Wildman–Crippen LogP) is 1.34. The lowest BCUT2D eigenvalue weighted by atomic mass is 10.2. The third kappa shape index (κ3) is 3.78. The van der Waals surface area contributed by atoms with E-state index in [1.54, 1.807) is 0 Å². The molecule has 2 rings (SSSR count). The minimum Gasteiger partial charge on any atom is -0.430 e. The molecule has 1 aromatic carbocycles. The quantitative estimate of drug-likeness (QED) is 0.816. The summed E-state index contributed by atoms with van der Waals surface area (Å²) in [7, 11) is 0. The van der Waals surface area contributed by atoms with E-state index in [9.17, 15) is 14.0 Å². The van der Waals surface area contributed by atoms with Crippen molar-refractivity contribution in [2.75, 3.05) is 11.9 Å². The molecule has 1 heterocycles. The van der Waals surface area contributed by atoms with Crippen LogP contribution in [0.5, 0.6) is 0 Å². The highest BCUT2D eigenvalue weighted by atomic mass is 19.1. The second kappa shape index (κ2) is 6.50. The summed E-state index contributed by atoms with van der Waals surface area (Å²) in [6, 6.07) is 6.55. The molecule has 6 heteroatoms. The van der Waals surface area contributed by atoms with Crippen molar-refractivity contribution in [1.29, 1.82) is 0 Å². The molecule has 0 radical (unpaired) electrons. The largest absolute Gasteiger partial charge is 0.430 e. The maximum absolute atomic E-state index is 13.7. The molecule has 1 amide bonds. The van der Waals surface area contributed by atoms with Gasteiger partial charge in [-0.15, -0.1) is 0 Å². The average molecular weight is 286 g/mol. The zero-order valence-corrected chi connectivity index (χ0v) is 10.9. The van der Waals surface area contributed by atoms with Crippen molar-refractivity contribution in [2.24, 2.45) is 5.73 Å². The number of nitrogens with one attached hydrogen (secondary N) is 1. The number of hydrogen-bond donors (Lipinski definition) is 2. The Morgan fingerprint density at radius 2 is 2.14 bits per heavy atom. The van der Waals surface area contributed by atoms with E-state index in [0.29, 0.717) is 0 Å². The second-order valence-corrected chi connectivity index (χ2v) is 4.00. The Bertz CT molecular complexity index is 767. The van der Waals surface area contributed by atoms with E-state index in [1.165, 1.54) is 18.2 Å². The van der Waals surface area contributed by atoms with Gasteiger partial charge in [0.1, 0.15) is 12.1 Å². The van der Waals surface area contributed by atoms with Crippen LogP contribution in [-0.2, 0) is 0 Å². The first kappa shape index (κ1) is 14.5. The van der Waals surface area contributed by atoms with Crippen LogP contribution in [0, 0.1) is 17.7 Å². The molecule has 21 heavy (non-hydrogen) atoms. The molecule has 0 aliphatic carbocycles. The van der Waals surface area contributed by atoms with E-state index in [0.717, 1.165) is 18.4 Å². The van der Waals surface area contributed by atoms with Gasteiger partial charge in [0, 0.05) is 11.8 Å². The number of carbonyl (C=O) groups excluding carboxylic acids is 1. The average Bonchev–Trinajstić information content (AvgIpc) is 2.47. The van der Waals surface area contributed by atoms with E-state index < -0.39 is 17.3 Å². The lowest BCUT2D eigenvalue weighted by molar-refractivity contribution is 0.102. The van der Waals surface area contributed by atoms with Gasteiger partial charge in [-0.25, -0.2) is 9.18 Å². The SMILES string of the molecule is NCC#Cc1ccc(NC(=O)c2ccc(=O)oc2)cc1F. The monoisotopic (exact) mass is 286 g/mol. The normalized spacial score (nSPS) is 9.62. The molecule has 0 bridgehead atoms. The minimum atomic E-state index is -0.562. The topological polar surface area (TPSA) is 85.3 Å². The molecule has 1 aromatic heterocycles. The summed E-state index contributed by atoms with van der Waals surface area (Å²) in [6.45, 7) is 0.136. The molecule has 5 nitrogen and oxygen atoms in total. The molecule has 0 saturated heterocycles. The van der Waals surface area contributed by atoms with Gasteiger partial charge in [0.15, 0.2) is 0 Å². The number of amides is 1. The van der Waals surface area contributed by atoms with Gasteiger partial charge in [-0.2, -0.15) is 0 Å². The second-order valence-electron chi connectivity index (χ2n) is 4.00. The van der Waals surface area contributed by atoms with Crippen molar-refractivity contribution >= 4 is 11.6 Å². The summed E-state index contributed by atoms with van der Waals surface area (Å²) in [5, 5.41) is 2.49. The van der Waals surface area contributed by atoms with Crippen molar-refractivity contribution in [1.82, 2.24) is 0 Å². The van der Waals surface area contributed by atoms with Crippen molar-refractivity contribution in [3.05, 3.63) is 64.0 Å². The van der Waals surface area contributed by atoms with E-state index >= 15 is 0 Å². The minimum absolute atomic E-state index is 0.136. The fourth-order valence-corrected chi connectivity index (χ4v) is 1.53. The van der Waals surface area contributed by atoms with Gasteiger partial charge in [-0.05, 0) is 24.3 Å². The van der Waals surface area contributed by atoms with Crippen molar-refractivity contribution in [3.8, 4) is 11.8 Å². The Balaban J connectivity index is 2.16. The smallest absolute Gasteiger partial charge is 0.335 e. The van der Waals surface area contributed by atoms with Crippen LogP contribution in [0.15, 0.2) is 45.8 Å². The first-order valence-corrected chi connectivity index (χ1v) is 5.99. The summed E-state index contributed by atoms with van der Waals surface area (Å²) in [6.07, 6.45) is 1.04. The van der Waals surface area contributed by atoms with Gasteiger partial charge < -0.3 is 15.5 Å². The summed E-state index contributed by atoms with van der Waals surface area (Å²) < 4.78 is 18.3. The Kier molecular flexibility index (Phi) is 4.49. The number of anilines is 1. The van der Waals surface area contributed by atoms with Crippen LogP contribution in [0.2, 0.25) is 0 Å². The van der Waals surface area contributed by atoms with E-state index in [4.69, 9.17) is 5.73 Å². The first-order valence-electron chi connectivity index (χ1n) is 5.99. The molecule has 2 aromatic rings. The highest BCUT2D eigenvalue weighted by Crippen LogP contribution is 2.14. The molecular formula is C15H11FN2O3. The molecule has 106 valence electrons. The number of halogens is 1. The number of rotatable bonds is 2. The van der Waals surface area contributed by atoms with Gasteiger partial charge in [0.05, 0.1) is 17.7 Å². The highest BCUT2D eigenvalue weighted by Gasteiger charge is 2.08. The van der Waals surface area contributed by atoms with Crippen LogP contribution in [0.3, 0.4) is 0 Å². The Morgan fingerprint density at radius 1 is 1.33 bits per heavy atom. The van der Waals surface area contributed by atoms with Crippen LogP contribution in [0.1, 0.15) is 15.9 Å². The summed E-state index contributed by atoms with van der Waals surface area (Å²) in [5.74, 6) is 4.05. The summed E-state index contributed by atoms with van der Waals surface area (Å²) in [4.78, 5) is 22.7. The van der Waals surface area contributed by atoms with Gasteiger partial charge in [-0.1, -0.05) is 11.8 Å². The molecule has 0 unspecified atom stereocenters. The first-order chi connectivity index (χ1) is 10.1. The highest BCUT2D eigenvalue weighted by molar-refractivity contribution is 6.03. The van der Waals surface area contributed by atoms with Crippen molar-refractivity contribution in [2.45, 2.75) is 0 Å². The zero-order valence-electron chi connectivity index (χ0n) is 10.9. The third-order valence-electron chi connectivity index (χ3n) is 2.52. The van der Waals surface area contributed by atoms with Crippen LogP contribution >= 0.6 is 0 Å².